The van der Waals surface area contributed by atoms with E-state index in [1.54, 1.807) is 7.11 Å². The molecule has 1 atom stereocenters. The molecule has 0 saturated carbocycles. The van der Waals surface area contributed by atoms with E-state index in [2.05, 4.69) is 30.4 Å². The molecule has 0 aliphatic carbocycles. The van der Waals surface area contributed by atoms with Crippen LogP contribution in [0.15, 0.2) is 18.2 Å². The lowest BCUT2D eigenvalue weighted by molar-refractivity contribution is 0.186. The molecule has 1 aliphatic rings. The topological polar surface area (TPSA) is 21.3 Å². The first kappa shape index (κ1) is 11.5. The standard InChI is InChI=1S/C14H21NO/c1-3-11-5-4-6-13-12(8-10-16-2)7-9-15-14(11)13/h4-6,12,15H,3,7-10H2,1-2H3. The summed E-state index contributed by atoms with van der Waals surface area (Å²) < 4.78 is 5.20. The van der Waals surface area contributed by atoms with Crippen LogP contribution < -0.4 is 5.32 Å². The molecule has 0 aromatic heterocycles. The van der Waals surface area contributed by atoms with Crippen molar-refractivity contribution in [1.29, 1.82) is 0 Å². The highest BCUT2D eigenvalue weighted by molar-refractivity contribution is 5.60. The minimum Gasteiger partial charge on any atom is -0.385 e. The molecule has 0 radical (unpaired) electrons. The van der Waals surface area contributed by atoms with Gasteiger partial charge in [0.1, 0.15) is 0 Å². The maximum atomic E-state index is 5.20. The summed E-state index contributed by atoms with van der Waals surface area (Å²) in [6.45, 7) is 4.18. The monoisotopic (exact) mass is 219 g/mol. The Morgan fingerprint density at radius 1 is 1.44 bits per heavy atom. The Morgan fingerprint density at radius 3 is 3.06 bits per heavy atom. The highest BCUT2D eigenvalue weighted by Crippen LogP contribution is 2.36. The zero-order valence-electron chi connectivity index (χ0n) is 10.3. The van der Waals surface area contributed by atoms with E-state index in [9.17, 15) is 0 Å². The first-order valence-corrected chi connectivity index (χ1v) is 6.21. The molecule has 2 heteroatoms. The van der Waals surface area contributed by atoms with Crippen LogP contribution in [0.1, 0.15) is 36.8 Å². The largest absolute Gasteiger partial charge is 0.385 e. The summed E-state index contributed by atoms with van der Waals surface area (Å²) in [6.07, 6.45) is 3.47. The van der Waals surface area contributed by atoms with Crippen molar-refractivity contribution in [3.05, 3.63) is 29.3 Å². The Bertz CT molecular complexity index is 349. The van der Waals surface area contributed by atoms with Crippen LogP contribution in [0.3, 0.4) is 0 Å². The number of methoxy groups -OCH3 is 1. The SMILES string of the molecule is CCc1cccc2c1NCCC2CCOC. The Kier molecular flexibility index (Phi) is 3.83. The van der Waals surface area contributed by atoms with Gasteiger partial charge in [-0.05, 0) is 36.3 Å². The molecule has 0 saturated heterocycles. The number of benzene rings is 1. The molecule has 1 aliphatic heterocycles. The summed E-state index contributed by atoms with van der Waals surface area (Å²) in [4.78, 5) is 0. The van der Waals surface area contributed by atoms with E-state index < -0.39 is 0 Å². The van der Waals surface area contributed by atoms with Gasteiger partial charge in [0.15, 0.2) is 0 Å². The third-order valence-corrected chi connectivity index (χ3v) is 3.47. The van der Waals surface area contributed by atoms with Crippen molar-refractivity contribution in [2.45, 2.75) is 32.1 Å². The van der Waals surface area contributed by atoms with Gasteiger partial charge in [0.2, 0.25) is 0 Å². The highest BCUT2D eigenvalue weighted by atomic mass is 16.5. The van der Waals surface area contributed by atoms with Crippen molar-refractivity contribution in [3.63, 3.8) is 0 Å². The van der Waals surface area contributed by atoms with Crippen LogP contribution in [-0.4, -0.2) is 20.3 Å². The summed E-state index contributed by atoms with van der Waals surface area (Å²) >= 11 is 0. The minimum absolute atomic E-state index is 0.669. The van der Waals surface area contributed by atoms with E-state index in [-0.39, 0.29) is 0 Å². The summed E-state index contributed by atoms with van der Waals surface area (Å²) in [6, 6.07) is 6.68. The Hall–Kier alpha value is -1.02. The first-order valence-electron chi connectivity index (χ1n) is 6.21. The van der Waals surface area contributed by atoms with Gasteiger partial charge in [0, 0.05) is 25.9 Å². The van der Waals surface area contributed by atoms with E-state index in [1.165, 1.54) is 23.2 Å². The number of fused-ring (bicyclic) bond motifs is 1. The lowest BCUT2D eigenvalue weighted by atomic mass is 9.86. The lowest BCUT2D eigenvalue weighted by Crippen LogP contribution is -2.19. The Morgan fingerprint density at radius 2 is 2.31 bits per heavy atom. The molecule has 2 nitrogen and oxygen atoms in total. The van der Waals surface area contributed by atoms with E-state index in [1.807, 2.05) is 0 Å². The van der Waals surface area contributed by atoms with Crippen LogP contribution in [0, 0.1) is 0 Å². The average molecular weight is 219 g/mol. The van der Waals surface area contributed by atoms with Crippen LogP contribution in [0.4, 0.5) is 5.69 Å². The molecule has 16 heavy (non-hydrogen) atoms. The van der Waals surface area contributed by atoms with Crippen molar-refractivity contribution in [2.75, 3.05) is 25.6 Å². The number of para-hydroxylation sites is 1. The zero-order valence-corrected chi connectivity index (χ0v) is 10.3. The van der Waals surface area contributed by atoms with Crippen molar-refractivity contribution in [2.24, 2.45) is 0 Å². The Labute approximate surface area is 98.0 Å². The second kappa shape index (κ2) is 5.35. The van der Waals surface area contributed by atoms with Gasteiger partial charge >= 0.3 is 0 Å². The molecule has 1 aromatic rings. The quantitative estimate of drug-likeness (QED) is 0.839. The summed E-state index contributed by atoms with van der Waals surface area (Å²) in [5, 5.41) is 3.55. The number of rotatable bonds is 4. The van der Waals surface area contributed by atoms with E-state index >= 15 is 0 Å². The van der Waals surface area contributed by atoms with Crippen molar-refractivity contribution in [3.8, 4) is 0 Å². The fourth-order valence-electron chi connectivity index (χ4n) is 2.56. The van der Waals surface area contributed by atoms with Gasteiger partial charge in [-0.15, -0.1) is 0 Å². The molecule has 0 amide bonds. The minimum atomic E-state index is 0.669. The predicted molar refractivity (Wildman–Crippen MR) is 68.2 cm³/mol. The predicted octanol–water partition coefficient (Wildman–Crippen LogP) is 3.18. The van der Waals surface area contributed by atoms with Gasteiger partial charge in [-0.3, -0.25) is 0 Å². The molecule has 1 unspecified atom stereocenters. The number of aryl methyl sites for hydroxylation is 1. The smallest absolute Gasteiger partial charge is 0.0468 e. The molecule has 1 N–H and O–H groups in total. The molecule has 1 aromatic carbocycles. The molecule has 1 heterocycles. The molecule has 0 bridgehead atoms. The van der Waals surface area contributed by atoms with Crippen LogP contribution in [-0.2, 0) is 11.2 Å². The number of anilines is 1. The second-order valence-corrected chi connectivity index (χ2v) is 4.43. The number of ether oxygens (including phenoxy) is 1. The van der Waals surface area contributed by atoms with E-state index in [0.717, 1.165) is 26.0 Å². The maximum Gasteiger partial charge on any atom is 0.0468 e. The number of nitrogens with one attached hydrogen (secondary N) is 1. The van der Waals surface area contributed by atoms with Gasteiger partial charge in [0.05, 0.1) is 0 Å². The fourth-order valence-corrected chi connectivity index (χ4v) is 2.56. The average Bonchev–Trinajstić information content (AvgIpc) is 2.35. The highest BCUT2D eigenvalue weighted by Gasteiger charge is 2.20. The second-order valence-electron chi connectivity index (χ2n) is 4.43. The lowest BCUT2D eigenvalue weighted by Gasteiger charge is -2.28. The van der Waals surface area contributed by atoms with E-state index in [4.69, 9.17) is 4.74 Å². The van der Waals surface area contributed by atoms with Crippen LogP contribution in [0.5, 0.6) is 0 Å². The van der Waals surface area contributed by atoms with Crippen LogP contribution in [0.25, 0.3) is 0 Å². The van der Waals surface area contributed by atoms with Gasteiger partial charge in [-0.2, -0.15) is 0 Å². The molecule has 2 rings (SSSR count). The van der Waals surface area contributed by atoms with Gasteiger partial charge in [-0.1, -0.05) is 25.1 Å². The molecule has 0 fully saturated rings. The van der Waals surface area contributed by atoms with Crippen molar-refractivity contribution < 1.29 is 4.74 Å². The van der Waals surface area contributed by atoms with Crippen LogP contribution >= 0.6 is 0 Å². The maximum absolute atomic E-state index is 5.20. The zero-order chi connectivity index (χ0) is 11.4. The first-order chi connectivity index (χ1) is 7.86. The van der Waals surface area contributed by atoms with Crippen molar-refractivity contribution in [1.82, 2.24) is 0 Å². The van der Waals surface area contributed by atoms with Gasteiger partial charge < -0.3 is 10.1 Å². The third-order valence-electron chi connectivity index (χ3n) is 3.47. The Balaban J connectivity index is 2.24. The summed E-state index contributed by atoms with van der Waals surface area (Å²) in [7, 11) is 1.78. The fraction of sp³-hybridized carbons (Fsp3) is 0.571. The number of hydrogen-bond donors (Lipinski definition) is 1. The van der Waals surface area contributed by atoms with E-state index in [0.29, 0.717) is 5.92 Å². The summed E-state index contributed by atoms with van der Waals surface area (Å²) in [5.74, 6) is 0.669. The normalized spacial score (nSPS) is 19.0. The van der Waals surface area contributed by atoms with Gasteiger partial charge in [0.25, 0.3) is 0 Å². The molecular weight excluding hydrogens is 198 g/mol. The molecule has 0 spiro atoms. The number of hydrogen-bond acceptors (Lipinski definition) is 2. The van der Waals surface area contributed by atoms with Gasteiger partial charge in [-0.25, -0.2) is 0 Å². The third kappa shape index (κ3) is 2.22. The molecule has 88 valence electrons. The molecular formula is C14H21NO. The van der Waals surface area contributed by atoms with Crippen LogP contribution in [0.2, 0.25) is 0 Å². The van der Waals surface area contributed by atoms with Crippen molar-refractivity contribution >= 4 is 5.69 Å². The summed E-state index contributed by atoms with van der Waals surface area (Å²) in [5.41, 5.74) is 4.32.